The highest BCUT2D eigenvalue weighted by Gasteiger charge is 2.30. The van der Waals surface area contributed by atoms with Gasteiger partial charge in [-0.2, -0.15) is 0 Å². The van der Waals surface area contributed by atoms with E-state index in [1.165, 1.54) is 24.3 Å². The largest absolute Gasteiger partial charge is 0.573 e. The molecule has 0 radical (unpaired) electrons. The van der Waals surface area contributed by atoms with E-state index in [9.17, 15) is 13.2 Å². The molecule has 0 aromatic heterocycles. The van der Waals surface area contributed by atoms with Gasteiger partial charge >= 0.3 is 6.36 Å². The van der Waals surface area contributed by atoms with Crippen LogP contribution in [0.3, 0.4) is 0 Å². The highest BCUT2D eigenvalue weighted by atomic mass is 19.4. The number of anilines is 1. The third-order valence-electron chi connectivity index (χ3n) is 1.99. The second-order valence-electron chi connectivity index (χ2n) is 4.32. The molecule has 0 atom stereocenters. The van der Waals surface area contributed by atoms with Gasteiger partial charge < -0.3 is 15.8 Å². The van der Waals surface area contributed by atoms with Crippen LogP contribution in [0.25, 0.3) is 0 Å². The standard InChI is InChI=1S/C12H16F3N3O/c1-8(2)7-17-11(16)18-9-3-5-10(6-4-9)19-12(13,14)15/h3-6,8H,7H2,1-2H3,(H3,16,17,18). The molecule has 3 N–H and O–H groups in total. The first kappa shape index (κ1) is 15.1. The van der Waals surface area contributed by atoms with E-state index >= 15 is 0 Å². The summed E-state index contributed by atoms with van der Waals surface area (Å²) in [5.74, 6) is 0.317. The van der Waals surface area contributed by atoms with Crippen molar-refractivity contribution in [2.45, 2.75) is 20.2 Å². The van der Waals surface area contributed by atoms with E-state index in [0.717, 1.165) is 0 Å². The van der Waals surface area contributed by atoms with Gasteiger partial charge in [-0.3, -0.25) is 4.99 Å². The molecule has 0 aliphatic carbocycles. The number of hydrogen-bond donors (Lipinski definition) is 2. The monoisotopic (exact) mass is 275 g/mol. The quantitative estimate of drug-likeness (QED) is 0.656. The molecular formula is C12H16F3N3O. The predicted molar refractivity (Wildman–Crippen MR) is 68.1 cm³/mol. The van der Waals surface area contributed by atoms with Gasteiger partial charge in [0.05, 0.1) is 0 Å². The first-order chi connectivity index (χ1) is 8.76. The predicted octanol–water partition coefficient (Wildman–Crippen LogP) is 2.97. The summed E-state index contributed by atoms with van der Waals surface area (Å²) >= 11 is 0. The number of nitrogens with zero attached hydrogens (tertiary/aromatic N) is 1. The van der Waals surface area contributed by atoms with Crippen LogP contribution in [0.1, 0.15) is 13.8 Å². The van der Waals surface area contributed by atoms with Gasteiger partial charge in [-0.1, -0.05) is 13.8 Å². The molecule has 1 aromatic carbocycles. The minimum absolute atomic E-state index is 0.221. The summed E-state index contributed by atoms with van der Waals surface area (Å²) in [6.45, 7) is 4.58. The van der Waals surface area contributed by atoms with Crippen molar-refractivity contribution in [2.75, 3.05) is 11.9 Å². The van der Waals surface area contributed by atoms with Crippen LogP contribution in [0.2, 0.25) is 0 Å². The number of guanidine groups is 1. The summed E-state index contributed by atoms with van der Waals surface area (Å²) in [7, 11) is 0. The molecule has 1 rings (SSSR count). The first-order valence-corrected chi connectivity index (χ1v) is 5.69. The minimum atomic E-state index is -4.69. The molecule has 0 heterocycles. The van der Waals surface area contributed by atoms with Crippen LogP contribution >= 0.6 is 0 Å². The fourth-order valence-corrected chi connectivity index (χ4v) is 1.21. The van der Waals surface area contributed by atoms with Crippen molar-refractivity contribution in [3.05, 3.63) is 24.3 Å². The van der Waals surface area contributed by atoms with Gasteiger partial charge in [-0.05, 0) is 30.2 Å². The van der Waals surface area contributed by atoms with Gasteiger partial charge in [0.25, 0.3) is 0 Å². The Morgan fingerprint density at radius 1 is 1.32 bits per heavy atom. The molecule has 0 saturated heterocycles. The topological polar surface area (TPSA) is 59.6 Å². The third-order valence-corrected chi connectivity index (χ3v) is 1.99. The molecule has 0 saturated carbocycles. The van der Waals surface area contributed by atoms with E-state index in [1.54, 1.807) is 0 Å². The zero-order chi connectivity index (χ0) is 14.5. The molecule has 0 fully saturated rings. The Labute approximate surface area is 109 Å². The lowest BCUT2D eigenvalue weighted by molar-refractivity contribution is -0.274. The second kappa shape index (κ2) is 6.31. The van der Waals surface area contributed by atoms with E-state index in [1.807, 2.05) is 13.8 Å². The lowest BCUT2D eigenvalue weighted by Crippen LogP contribution is -2.23. The normalized spacial score (nSPS) is 12.6. The molecule has 106 valence electrons. The lowest BCUT2D eigenvalue weighted by Gasteiger charge is -2.10. The summed E-state index contributed by atoms with van der Waals surface area (Å²) in [5, 5.41) is 2.78. The van der Waals surface area contributed by atoms with Crippen molar-refractivity contribution in [3.8, 4) is 5.75 Å². The van der Waals surface area contributed by atoms with Crippen LogP contribution < -0.4 is 15.8 Å². The maximum atomic E-state index is 12.0. The van der Waals surface area contributed by atoms with Crippen LogP contribution in [0.5, 0.6) is 5.75 Å². The van der Waals surface area contributed by atoms with Crippen LogP contribution in [-0.2, 0) is 0 Å². The molecule has 7 heteroatoms. The Balaban J connectivity index is 2.59. The maximum absolute atomic E-state index is 12.0. The Hall–Kier alpha value is -1.92. The van der Waals surface area contributed by atoms with Crippen molar-refractivity contribution in [3.63, 3.8) is 0 Å². The molecule has 4 nitrogen and oxygen atoms in total. The number of aliphatic imine (C=N–C) groups is 1. The lowest BCUT2D eigenvalue weighted by atomic mass is 10.2. The summed E-state index contributed by atoms with van der Waals surface area (Å²) in [6, 6.07) is 5.26. The fraction of sp³-hybridized carbons (Fsp3) is 0.417. The third kappa shape index (κ3) is 6.54. The van der Waals surface area contributed by atoms with Gasteiger partial charge in [0.2, 0.25) is 0 Å². The Morgan fingerprint density at radius 3 is 2.37 bits per heavy atom. The number of benzene rings is 1. The highest BCUT2D eigenvalue weighted by Crippen LogP contribution is 2.23. The van der Waals surface area contributed by atoms with Crippen LogP contribution in [0.15, 0.2) is 29.3 Å². The highest BCUT2D eigenvalue weighted by molar-refractivity contribution is 5.92. The summed E-state index contributed by atoms with van der Waals surface area (Å²) < 4.78 is 39.6. The Bertz CT molecular complexity index is 427. The molecule has 0 unspecified atom stereocenters. The zero-order valence-electron chi connectivity index (χ0n) is 10.7. The van der Waals surface area contributed by atoms with E-state index in [-0.39, 0.29) is 11.7 Å². The molecule has 19 heavy (non-hydrogen) atoms. The van der Waals surface area contributed by atoms with Crippen molar-refractivity contribution < 1.29 is 17.9 Å². The molecule has 0 aliphatic rings. The SMILES string of the molecule is CC(C)CN=C(N)Nc1ccc(OC(F)(F)F)cc1. The number of alkyl halides is 3. The second-order valence-corrected chi connectivity index (χ2v) is 4.32. The smallest absolute Gasteiger partial charge is 0.406 e. The van der Waals surface area contributed by atoms with Crippen molar-refractivity contribution >= 4 is 11.6 Å². The maximum Gasteiger partial charge on any atom is 0.573 e. The van der Waals surface area contributed by atoms with Gasteiger partial charge in [0, 0.05) is 12.2 Å². The van der Waals surface area contributed by atoms with Gasteiger partial charge in [-0.15, -0.1) is 13.2 Å². The Morgan fingerprint density at radius 2 is 1.89 bits per heavy atom. The number of halogens is 3. The number of nitrogens with one attached hydrogen (secondary N) is 1. The molecule has 0 amide bonds. The molecule has 0 bridgehead atoms. The van der Waals surface area contributed by atoms with Crippen LogP contribution in [0.4, 0.5) is 18.9 Å². The van der Waals surface area contributed by atoms with Crippen molar-refractivity contribution in [2.24, 2.45) is 16.6 Å². The van der Waals surface area contributed by atoms with E-state index in [2.05, 4.69) is 15.0 Å². The van der Waals surface area contributed by atoms with Crippen LogP contribution in [-0.4, -0.2) is 18.9 Å². The van der Waals surface area contributed by atoms with Crippen molar-refractivity contribution in [1.82, 2.24) is 0 Å². The average molecular weight is 275 g/mol. The van der Waals surface area contributed by atoms with Gasteiger partial charge in [0.15, 0.2) is 5.96 Å². The van der Waals surface area contributed by atoms with E-state index < -0.39 is 6.36 Å². The fourth-order valence-electron chi connectivity index (χ4n) is 1.21. The average Bonchev–Trinajstić information content (AvgIpc) is 2.27. The van der Waals surface area contributed by atoms with Crippen molar-refractivity contribution in [1.29, 1.82) is 0 Å². The van der Waals surface area contributed by atoms with Gasteiger partial charge in [0.1, 0.15) is 5.75 Å². The number of rotatable bonds is 4. The summed E-state index contributed by atoms with van der Waals surface area (Å²) in [4.78, 5) is 4.07. The summed E-state index contributed by atoms with van der Waals surface area (Å²) in [6.07, 6.45) is -4.69. The minimum Gasteiger partial charge on any atom is -0.406 e. The molecule has 0 spiro atoms. The van der Waals surface area contributed by atoms with E-state index in [0.29, 0.717) is 18.2 Å². The number of hydrogen-bond acceptors (Lipinski definition) is 2. The van der Waals surface area contributed by atoms with Crippen LogP contribution in [0, 0.1) is 5.92 Å². The Kier molecular flexibility index (Phi) is 5.02. The van der Waals surface area contributed by atoms with E-state index in [4.69, 9.17) is 5.73 Å². The zero-order valence-corrected chi connectivity index (χ0v) is 10.7. The molecular weight excluding hydrogens is 259 g/mol. The number of ether oxygens (including phenoxy) is 1. The number of nitrogens with two attached hydrogens (primary N) is 1. The molecule has 0 aliphatic heterocycles. The summed E-state index contributed by atoms with van der Waals surface area (Å²) in [5.41, 5.74) is 6.16. The molecule has 1 aromatic rings. The first-order valence-electron chi connectivity index (χ1n) is 5.69. The van der Waals surface area contributed by atoms with Gasteiger partial charge in [-0.25, -0.2) is 0 Å².